The standard InChI is InChI=1S/C48H32N2S/c1-3-13-33(14-4-1)34-25-27-37(28-26-34)49(38-18-11-15-35(31-38)40-21-12-22-43-42-20-8-10-24-47(42)51-48(40)43)39-29-30-46-44(32-39)41-19-7-9-23-45(41)50(46)36-16-5-2-6-17-36/h1-32H. The highest BCUT2D eigenvalue weighted by Gasteiger charge is 2.19. The molecule has 0 N–H and O–H groups in total. The Morgan fingerprint density at radius 2 is 0.980 bits per heavy atom. The molecule has 0 spiro atoms. The predicted molar refractivity (Wildman–Crippen MR) is 219 cm³/mol. The van der Waals surface area contributed by atoms with Gasteiger partial charge in [-0.05, 0) is 89.0 Å². The second-order valence-corrected chi connectivity index (χ2v) is 14.0. The highest BCUT2D eigenvalue weighted by atomic mass is 32.1. The summed E-state index contributed by atoms with van der Waals surface area (Å²) in [6.45, 7) is 0. The number of fused-ring (bicyclic) bond motifs is 6. The van der Waals surface area contributed by atoms with Gasteiger partial charge >= 0.3 is 0 Å². The Hall–Kier alpha value is -6.42. The van der Waals surface area contributed by atoms with Crippen LogP contribution in [0.3, 0.4) is 0 Å². The number of rotatable bonds is 6. The largest absolute Gasteiger partial charge is 0.310 e. The van der Waals surface area contributed by atoms with Gasteiger partial charge in [-0.25, -0.2) is 0 Å². The van der Waals surface area contributed by atoms with Gasteiger partial charge in [0.05, 0.1) is 11.0 Å². The SMILES string of the molecule is c1ccc(-c2ccc(N(c3cccc(-c4cccc5c4sc4ccccc45)c3)c3ccc4c(c3)c3ccccc3n4-c3ccccc3)cc2)cc1. The Bertz CT molecular complexity index is 2850. The maximum Gasteiger partial charge on any atom is 0.0542 e. The van der Waals surface area contributed by atoms with Crippen molar-refractivity contribution in [2.24, 2.45) is 0 Å². The number of anilines is 3. The van der Waals surface area contributed by atoms with E-state index in [2.05, 4.69) is 204 Å². The van der Waals surface area contributed by atoms with Gasteiger partial charge in [0.1, 0.15) is 0 Å². The van der Waals surface area contributed by atoms with Gasteiger partial charge in [-0.2, -0.15) is 0 Å². The molecule has 0 saturated carbocycles. The molecule has 2 nitrogen and oxygen atoms in total. The summed E-state index contributed by atoms with van der Waals surface area (Å²) in [4.78, 5) is 2.40. The summed E-state index contributed by atoms with van der Waals surface area (Å²) in [5.41, 5.74) is 11.8. The first kappa shape index (κ1) is 29.5. The Labute approximate surface area is 300 Å². The fourth-order valence-electron chi connectivity index (χ4n) is 7.62. The lowest BCUT2D eigenvalue weighted by Crippen LogP contribution is -2.10. The van der Waals surface area contributed by atoms with E-state index in [0.717, 1.165) is 22.7 Å². The van der Waals surface area contributed by atoms with Gasteiger partial charge in [-0.1, -0.05) is 127 Å². The lowest BCUT2D eigenvalue weighted by molar-refractivity contribution is 1.18. The van der Waals surface area contributed by atoms with Crippen molar-refractivity contribution in [3.05, 3.63) is 194 Å². The van der Waals surface area contributed by atoms with Crippen molar-refractivity contribution >= 4 is 70.4 Å². The molecule has 10 aromatic rings. The van der Waals surface area contributed by atoms with Crippen molar-refractivity contribution in [1.82, 2.24) is 4.57 Å². The first-order valence-electron chi connectivity index (χ1n) is 17.4. The van der Waals surface area contributed by atoms with Gasteiger partial charge in [0.2, 0.25) is 0 Å². The number of thiophene rings is 1. The van der Waals surface area contributed by atoms with Gasteiger partial charge in [-0.15, -0.1) is 11.3 Å². The van der Waals surface area contributed by atoms with Crippen molar-refractivity contribution in [3.8, 4) is 27.9 Å². The van der Waals surface area contributed by atoms with Gasteiger partial charge in [0, 0.05) is 53.7 Å². The zero-order valence-corrected chi connectivity index (χ0v) is 28.6. The third-order valence-electron chi connectivity index (χ3n) is 9.98. The number of nitrogens with zero attached hydrogens (tertiary/aromatic N) is 2. The summed E-state index contributed by atoms with van der Waals surface area (Å²) in [6.07, 6.45) is 0. The van der Waals surface area contributed by atoms with E-state index in [1.165, 1.54) is 64.2 Å². The molecule has 0 amide bonds. The molecule has 0 bridgehead atoms. The third-order valence-corrected chi connectivity index (χ3v) is 11.2. The van der Waals surface area contributed by atoms with Crippen LogP contribution in [0.15, 0.2) is 194 Å². The van der Waals surface area contributed by atoms with Gasteiger partial charge < -0.3 is 9.47 Å². The van der Waals surface area contributed by atoms with Crippen LogP contribution in [0.2, 0.25) is 0 Å². The fraction of sp³-hybridized carbons (Fsp3) is 0. The van der Waals surface area contributed by atoms with Crippen molar-refractivity contribution < 1.29 is 0 Å². The molecule has 2 aromatic heterocycles. The van der Waals surface area contributed by atoms with E-state index < -0.39 is 0 Å². The molecular formula is C48H32N2S. The van der Waals surface area contributed by atoms with Crippen LogP contribution >= 0.6 is 11.3 Å². The van der Waals surface area contributed by atoms with Crippen LogP contribution in [0.25, 0.3) is 69.9 Å². The van der Waals surface area contributed by atoms with E-state index in [0.29, 0.717) is 0 Å². The summed E-state index contributed by atoms with van der Waals surface area (Å²) in [7, 11) is 0. The lowest BCUT2D eigenvalue weighted by Gasteiger charge is -2.26. The molecule has 10 rings (SSSR count). The molecule has 0 unspecified atom stereocenters. The molecule has 2 heterocycles. The monoisotopic (exact) mass is 668 g/mol. The van der Waals surface area contributed by atoms with E-state index >= 15 is 0 Å². The Morgan fingerprint density at radius 3 is 1.82 bits per heavy atom. The lowest BCUT2D eigenvalue weighted by atomic mass is 10.0. The number of hydrogen-bond donors (Lipinski definition) is 0. The first-order chi connectivity index (χ1) is 25.3. The number of aromatic nitrogens is 1. The number of hydrogen-bond acceptors (Lipinski definition) is 2. The Kier molecular flexibility index (Phi) is 7.04. The van der Waals surface area contributed by atoms with Crippen LogP contribution in [0.4, 0.5) is 17.1 Å². The van der Waals surface area contributed by atoms with Crippen LogP contribution in [0.1, 0.15) is 0 Å². The topological polar surface area (TPSA) is 8.17 Å². The van der Waals surface area contributed by atoms with E-state index in [9.17, 15) is 0 Å². The zero-order chi connectivity index (χ0) is 33.7. The molecule has 3 heteroatoms. The number of para-hydroxylation sites is 2. The smallest absolute Gasteiger partial charge is 0.0542 e. The van der Waals surface area contributed by atoms with Crippen molar-refractivity contribution in [1.29, 1.82) is 0 Å². The normalized spacial score (nSPS) is 11.5. The minimum atomic E-state index is 1.11. The molecular weight excluding hydrogens is 637 g/mol. The van der Waals surface area contributed by atoms with Gasteiger partial charge in [-0.3, -0.25) is 0 Å². The Balaban J connectivity index is 1.17. The maximum atomic E-state index is 2.40. The molecule has 0 aliphatic rings. The summed E-state index contributed by atoms with van der Waals surface area (Å²) in [5.74, 6) is 0. The quantitative estimate of drug-likeness (QED) is 0.171. The maximum absolute atomic E-state index is 2.40. The minimum absolute atomic E-state index is 1.11. The molecule has 51 heavy (non-hydrogen) atoms. The number of benzene rings is 8. The summed E-state index contributed by atoms with van der Waals surface area (Å²) >= 11 is 1.88. The van der Waals surface area contributed by atoms with Crippen molar-refractivity contribution in [2.75, 3.05) is 4.90 Å². The highest BCUT2D eigenvalue weighted by Crippen LogP contribution is 2.44. The van der Waals surface area contributed by atoms with Crippen LogP contribution in [-0.2, 0) is 0 Å². The summed E-state index contributed by atoms with van der Waals surface area (Å²) < 4.78 is 5.02. The molecule has 0 aliphatic heterocycles. The fourth-order valence-corrected chi connectivity index (χ4v) is 8.86. The average molecular weight is 669 g/mol. The summed E-state index contributed by atoms with van der Waals surface area (Å²) in [5, 5.41) is 5.09. The molecule has 0 saturated heterocycles. The van der Waals surface area contributed by atoms with Crippen LogP contribution in [0, 0.1) is 0 Å². The molecule has 0 radical (unpaired) electrons. The highest BCUT2D eigenvalue weighted by molar-refractivity contribution is 7.26. The minimum Gasteiger partial charge on any atom is -0.310 e. The third kappa shape index (κ3) is 5.01. The molecule has 8 aromatic carbocycles. The van der Waals surface area contributed by atoms with Crippen LogP contribution in [0.5, 0.6) is 0 Å². The summed E-state index contributed by atoms with van der Waals surface area (Å²) in [6, 6.07) is 70.3. The van der Waals surface area contributed by atoms with E-state index in [1.54, 1.807) is 0 Å². The van der Waals surface area contributed by atoms with Crippen LogP contribution < -0.4 is 4.90 Å². The van der Waals surface area contributed by atoms with Crippen LogP contribution in [-0.4, -0.2) is 4.57 Å². The first-order valence-corrected chi connectivity index (χ1v) is 18.2. The van der Waals surface area contributed by atoms with E-state index in [1.807, 2.05) is 11.3 Å². The second kappa shape index (κ2) is 12.2. The molecule has 0 aliphatic carbocycles. The van der Waals surface area contributed by atoms with E-state index in [-0.39, 0.29) is 0 Å². The molecule has 0 atom stereocenters. The van der Waals surface area contributed by atoms with Crippen molar-refractivity contribution in [2.45, 2.75) is 0 Å². The zero-order valence-electron chi connectivity index (χ0n) is 27.8. The average Bonchev–Trinajstić information content (AvgIpc) is 3.75. The van der Waals surface area contributed by atoms with E-state index in [4.69, 9.17) is 0 Å². The molecule has 240 valence electrons. The van der Waals surface area contributed by atoms with Gasteiger partial charge in [0.15, 0.2) is 0 Å². The molecule has 0 fully saturated rings. The Morgan fingerprint density at radius 1 is 0.373 bits per heavy atom. The second-order valence-electron chi connectivity index (χ2n) is 13.0. The van der Waals surface area contributed by atoms with Crippen molar-refractivity contribution in [3.63, 3.8) is 0 Å². The predicted octanol–water partition coefficient (Wildman–Crippen LogP) is 14.0. The van der Waals surface area contributed by atoms with Gasteiger partial charge in [0.25, 0.3) is 0 Å².